The largest absolute Gasteiger partial charge is 0.460 e. The zero-order valence-corrected chi connectivity index (χ0v) is 12.3. The van der Waals surface area contributed by atoms with Crippen LogP contribution < -0.4 is 0 Å². The first-order valence-corrected chi connectivity index (χ1v) is 6.33. The van der Waals surface area contributed by atoms with Gasteiger partial charge in [0, 0.05) is 11.1 Å². The summed E-state index contributed by atoms with van der Waals surface area (Å²) < 4.78 is 14.5. The van der Waals surface area contributed by atoms with Crippen molar-refractivity contribution in [3.63, 3.8) is 0 Å². The predicted octanol–water partition coefficient (Wildman–Crippen LogP) is -0.0366. The van der Waals surface area contributed by atoms with Crippen LogP contribution in [0.3, 0.4) is 0 Å². The summed E-state index contributed by atoms with van der Waals surface area (Å²) in [7, 11) is 0. The Morgan fingerprint density at radius 1 is 0.857 bits per heavy atom. The van der Waals surface area contributed by atoms with Crippen LogP contribution in [0.1, 0.15) is 13.8 Å². The molecule has 0 aromatic carbocycles. The van der Waals surface area contributed by atoms with Gasteiger partial charge in [-0.1, -0.05) is 13.2 Å². The van der Waals surface area contributed by atoms with E-state index in [1.807, 2.05) is 0 Å². The van der Waals surface area contributed by atoms with Crippen LogP contribution in [0.2, 0.25) is 0 Å². The van der Waals surface area contributed by atoms with Crippen molar-refractivity contribution in [2.45, 2.75) is 26.1 Å². The van der Waals surface area contributed by atoms with Crippen molar-refractivity contribution in [2.24, 2.45) is 0 Å². The average Bonchev–Trinajstić information content (AvgIpc) is 2.41. The van der Waals surface area contributed by atoms with E-state index in [-0.39, 0.29) is 37.6 Å². The molecule has 0 saturated heterocycles. The van der Waals surface area contributed by atoms with Crippen LogP contribution in [0.4, 0.5) is 0 Å². The van der Waals surface area contributed by atoms with Crippen LogP contribution in [0.25, 0.3) is 0 Å². The molecule has 0 aliphatic rings. The van der Waals surface area contributed by atoms with E-state index in [0.29, 0.717) is 0 Å². The molecule has 7 heteroatoms. The molecule has 0 bridgehead atoms. The molecule has 2 atom stereocenters. The van der Waals surface area contributed by atoms with Gasteiger partial charge in [-0.3, -0.25) is 0 Å². The third-order valence-corrected chi connectivity index (χ3v) is 2.13. The van der Waals surface area contributed by atoms with Crippen molar-refractivity contribution >= 4 is 11.9 Å². The van der Waals surface area contributed by atoms with Crippen molar-refractivity contribution in [1.82, 2.24) is 0 Å². The fraction of sp³-hybridized carbons (Fsp3) is 0.571. The lowest BCUT2D eigenvalue weighted by molar-refractivity contribution is -0.144. The fourth-order valence-corrected chi connectivity index (χ4v) is 1.03. The summed E-state index contributed by atoms with van der Waals surface area (Å²) in [4.78, 5) is 22.1. The minimum atomic E-state index is -1.02. The quantitative estimate of drug-likeness (QED) is 0.431. The molecule has 21 heavy (non-hydrogen) atoms. The van der Waals surface area contributed by atoms with Crippen LogP contribution in [0.5, 0.6) is 0 Å². The summed E-state index contributed by atoms with van der Waals surface area (Å²) in [6.45, 7) is 9.06. The monoisotopic (exact) mass is 302 g/mol. The summed E-state index contributed by atoms with van der Waals surface area (Å²) in [6.07, 6.45) is -2.03. The first kappa shape index (κ1) is 19.3. The first-order chi connectivity index (χ1) is 9.73. The number of aliphatic hydroxyl groups excluding tert-OH is 2. The van der Waals surface area contributed by atoms with E-state index in [4.69, 9.17) is 14.2 Å². The second-order valence-electron chi connectivity index (χ2n) is 4.60. The van der Waals surface area contributed by atoms with Gasteiger partial charge in [-0.2, -0.15) is 0 Å². The van der Waals surface area contributed by atoms with E-state index >= 15 is 0 Å². The van der Waals surface area contributed by atoms with Gasteiger partial charge in [-0.25, -0.2) is 9.59 Å². The lowest BCUT2D eigenvalue weighted by Gasteiger charge is -2.14. The van der Waals surface area contributed by atoms with E-state index in [0.717, 1.165) is 0 Å². The Labute approximate surface area is 123 Å². The summed E-state index contributed by atoms with van der Waals surface area (Å²) in [5, 5.41) is 18.9. The Morgan fingerprint density at radius 3 is 1.48 bits per heavy atom. The molecule has 0 heterocycles. The minimum Gasteiger partial charge on any atom is -0.460 e. The van der Waals surface area contributed by atoms with Crippen LogP contribution in [0, 0.1) is 0 Å². The van der Waals surface area contributed by atoms with E-state index in [2.05, 4.69) is 13.2 Å². The van der Waals surface area contributed by atoms with E-state index in [9.17, 15) is 19.8 Å². The molecule has 0 spiro atoms. The molecule has 2 unspecified atom stereocenters. The van der Waals surface area contributed by atoms with Crippen LogP contribution >= 0.6 is 0 Å². The Balaban J connectivity index is 3.73. The van der Waals surface area contributed by atoms with Crippen LogP contribution in [-0.2, 0) is 23.8 Å². The number of hydrogen-bond acceptors (Lipinski definition) is 7. The Bertz CT molecular complexity index is 353. The van der Waals surface area contributed by atoms with Crippen molar-refractivity contribution in [3.8, 4) is 0 Å². The summed E-state index contributed by atoms with van der Waals surface area (Å²) in [6, 6.07) is 0. The highest BCUT2D eigenvalue weighted by atomic mass is 16.6. The molecule has 120 valence electrons. The normalized spacial score (nSPS) is 13.1. The van der Waals surface area contributed by atoms with E-state index in [1.54, 1.807) is 0 Å². The zero-order chi connectivity index (χ0) is 16.4. The average molecular weight is 302 g/mol. The zero-order valence-electron chi connectivity index (χ0n) is 12.3. The SMILES string of the molecule is C=C(C)C(=O)OCC(O)COCC(O)COC(=O)C(=C)C. The van der Waals surface area contributed by atoms with Gasteiger partial charge in [-0.15, -0.1) is 0 Å². The fourth-order valence-electron chi connectivity index (χ4n) is 1.03. The molecule has 0 aliphatic heterocycles. The number of esters is 2. The molecule has 0 aromatic heterocycles. The molecule has 0 rings (SSSR count). The maximum absolute atomic E-state index is 11.1. The molecule has 0 amide bonds. The second-order valence-corrected chi connectivity index (χ2v) is 4.60. The van der Waals surface area contributed by atoms with Crippen molar-refractivity contribution in [3.05, 3.63) is 24.3 Å². The number of ether oxygens (including phenoxy) is 3. The molecule has 7 nitrogen and oxygen atoms in total. The summed E-state index contributed by atoms with van der Waals surface area (Å²) >= 11 is 0. The summed E-state index contributed by atoms with van der Waals surface area (Å²) in [5.74, 6) is -1.19. The van der Waals surface area contributed by atoms with Gasteiger partial charge >= 0.3 is 11.9 Å². The Kier molecular flexibility index (Phi) is 9.27. The highest BCUT2D eigenvalue weighted by Crippen LogP contribution is 1.97. The maximum Gasteiger partial charge on any atom is 0.333 e. The third-order valence-electron chi connectivity index (χ3n) is 2.13. The second kappa shape index (κ2) is 10.1. The van der Waals surface area contributed by atoms with Gasteiger partial charge in [-0.05, 0) is 13.8 Å². The lowest BCUT2D eigenvalue weighted by Crippen LogP contribution is -2.28. The number of rotatable bonds is 10. The Morgan fingerprint density at radius 2 is 1.19 bits per heavy atom. The lowest BCUT2D eigenvalue weighted by atomic mass is 10.3. The summed E-state index contributed by atoms with van der Waals surface area (Å²) in [5.41, 5.74) is 0.468. The standard InChI is InChI=1S/C14H22O7/c1-9(2)13(17)20-7-11(15)5-19-6-12(16)8-21-14(18)10(3)4/h11-12,15-16H,1,3,5-8H2,2,4H3. The molecule has 0 saturated carbocycles. The Hall–Kier alpha value is -1.70. The molecule has 0 aliphatic carbocycles. The molecule has 0 radical (unpaired) electrons. The first-order valence-electron chi connectivity index (χ1n) is 6.33. The molecular formula is C14H22O7. The van der Waals surface area contributed by atoms with Crippen LogP contribution in [0.15, 0.2) is 24.3 Å². The van der Waals surface area contributed by atoms with Crippen molar-refractivity contribution in [1.29, 1.82) is 0 Å². The molecule has 0 aromatic rings. The van der Waals surface area contributed by atoms with Gasteiger partial charge in [0.2, 0.25) is 0 Å². The van der Waals surface area contributed by atoms with Crippen LogP contribution in [-0.4, -0.2) is 60.8 Å². The van der Waals surface area contributed by atoms with E-state index in [1.165, 1.54) is 13.8 Å². The number of aliphatic hydroxyl groups is 2. The highest BCUT2D eigenvalue weighted by molar-refractivity contribution is 5.87. The van der Waals surface area contributed by atoms with Gasteiger partial charge < -0.3 is 24.4 Å². The maximum atomic E-state index is 11.1. The minimum absolute atomic E-state index is 0.130. The van der Waals surface area contributed by atoms with Gasteiger partial charge in [0.25, 0.3) is 0 Å². The number of carbonyl (C=O) groups excluding carboxylic acids is 2. The predicted molar refractivity (Wildman–Crippen MR) is 74.4 cm³/mol. The third kappa shape index (κ3) is 9.78. The molecular weight excluding hydrogens is 280 g/mol. The smallest absolute Gasteiger partial charge is 0.333 e. The topological polar surface area (TPSA) is 102 Å². The molecule has 0 fully saturated rings. The van der Waals surface area contributed by atoms with Crippen molar-refractivity contribution < 1.29 is 34.0 Å². The van der Waals surface area contributed by atoms with Crippen molar-refractivity contribution in [2.75, 3.05) is 26.4 Å². The van der Waals surface area contributed by atoms with E-state index < -0.39 is 24.1 Å². The van der Waals surface area contributed by atoms with Gasteiger partial charge in [0.1, 0.15) is 25.4 Å². The highest BCUT2D eigenvalue weighted by Gasteiger charge is 2.12. The number of hydrogen-bond donors (Lipinski definition) is 2. The molecule has 2 N–H and O–H groups in total. The van der Waals surface area contributed by atoms with Gasteiger partial charge in [0.05, 0.1) is 13.2 Å². The van der Waals surface area contributed by atoms with Gasteiger partial charge in [0.15, 0.2) is 0 Å². The number of carbonyl (C=O) groups is 2.